The van der Waals surface area contributed by atoms with E-state index in [2.05, 4.69) is 27.7 Å². The number of rotatable bonds is 5. The van der Waals surface area contributed by atoms with Gasteiger partial charge in [0, 0.05) is 44.0 Å². The summed E-state index contributed by atoms with van der Waals surface area (Å²) in [5.74, 6) is 0.867. The molecule has 0 unspecified atom stereocenters. The van der Waals surface area contributed by atoms with E-state index in [-0.39, 0.29) is 5.91 Å². The van der Waals surface area contributed by atoms with Gasteiger partial charge in [-0.25, -0.2) is 0 Å². The van der Waals surface area contributed by atoms with E-state index in [9.17, 15) is 4.79 Å². The van der Waals surface area contributed by atoms with Crippen molar-refractivity contribution in [1.29, 1.82) is 0 Å². The minimum Gasteiger partial charge on any atom is -0.497 e. The van der Waals surface area contributed by atoms with E-state index in [1.807, 2.05) is 36.1 Å². The third-order valence-corrected chi connectivity index (χ3v) is 4.73. The Morgan fingerprint density at radius 2 is 1.76 bits per heavy atom. The van der Waals surface area contributed by atoms with Gasteiger partial charge in [-0.05, 0) is 44.2 Å². The second-order valence-corrected chi connectivity index (χ2v) is 6.51. The number of aromatic nitrogens is 2. The van der Waals surface area contributed by atoms with Crippen LogP contribution < -0.4 is 4.74 Å². The molecule has 0 radical (unpaired) electrons. The Bertz CT molecular complexity index is 716. The van der Waals surface area contributed by atoms with Gasteiger partial charge in [-0.3, -0.25) is 14.4 Å². The predicted molar refractivity (Wildman–Crippen MR) is 97.0 cm³/mol. The van der Waals surface area contributed by atoms with Crippen LogP contribution in [0, 0.1) is 13.8 Å². The number of piperazine rings is 1. The zero-order valence-corrected chi connectivity index (χ0v) is 15.2. The van der Waals surface area contributed by atoms with Gasteiger partial charge in [-0.1, -0.05) is 0 Å². The fourth-order valence-electron chi connectivity index (χ4n) is 3.23. The highest BCUT2D eigenvalue weighted by Crippen LogP contribution is 2.14. The lowest BCUT2D eigenvalue weighted by Crippen LogP contribution is -2.49. The summed E-state index contributed by atoms with van der Waals surface area (Å²) in [5.41, 5.74) is 2.98. The lowest BCUT2D eigenvalue weighted by Gasteiger charge is -2.34. The Balaban J connectivity index is 1.49. The molecule has 134 valence electrons. The molecule has 3 rings (SSSR count). The normalized spacial score (nSPS) is 15.4. The molecule has 2 aromatic rings. The van der Waals surface area contributed by atoms with Crippen molar-refractivity contribution in [1.82, 2.24) is 19.6 Å². The predicted octanol–water partition coefficient (Wildman–Crippen LogP) is 1.97. The molecule has 0 bridgehead atoms. The highest BCUT2D eigenvalue weighted by Gasteiger charge is 2.22. The summed E-state index contributed by atoms with van der Waals surface area (Å²) in [7, 11) is 1.63. The number of carbonyl (C=O) groups excluding carboxylic acids is 1. The fourth-order valence-corrected chi connectivity index (χ4v) is 3.23. The fraction of sp³-hybridized carbons (Fsp3) is 0.474. The van der Waals surface area contributed by atoms with Crippen LogP contribution in [0.2, 0.25) is 0 Å². The zero-order valence-electron chi connectivity index (χ0n) is 15.2. The maximum Gasteiger partial charge on any atom is 0.253 e. The number of methoxy groups -OCH3 is 1. The van der Waals surface area contributed by atoms with Crippen LogP contribution in [-0.4, -0.2) is 65.3 Å². The monoisotopic (exact) mass is 342 g/mol. The van der Waals surface area contributed by atoms with Gasteiger partial charge in [0.15, 0.2) is 0 Å². The van der Waals surface area contributed by atoms with Gasteiger partial charge in [0.25, 0.3) is 5.91 Å². The first-order chi connectivity index (χ1) is 12.1. The maximum absolute atomic E-state index is 12.6. The van der Waals surface area contributed by atoms with Gasteiger partial charge in [0.2, 0.25) is 0 Å². The largest absolute Gasteiger partial charge is 0.497 e. The summed E-state index contributed by atoms with van der Waals surface area (Å²) in [6.45, 7) is 9.31. The quantitative estimate of drug-likeness (QED) is 0.834. The van der Waals surface area contributed by atoms with Crippen molar-refractivity contribution in [2.24, 2.45) is 0 Å². The summed E-state index contributed by atoms with van der Waals surface area (Å²) in [6.07, 6.45) is 0. The van der Waals surface area contributed by atoms with Gasteiger partial charge < -0.3 is 9.64 Å². The van der Waals surface area contributed by atoms with Crippen LogP contribution >= 0.6 is 0 Å². The van der Waals surface area contributed by atoms with Gasteiger partial charge >= 0.3 is 0 Å². The standard InChI is InChI=1S/C19H26N4O2/c1-15-14-16(2)23(20-15)13-10-21-8-11-22(12-9-21)19(24)17-4-6-18(25-3)7-5-17/h4-7,14H,8-13H2,1-3H3. The number of nitrogens with zero attached hydrogens (tertiary/aromatic N) is 4. The Morgan fingerprint density at radius 3 is 2.32 bits per heavy atom. The van der Waals surface area contributed by atoms with E-state index in [0.717, 1.165) is 56.3 Å². The molecule has 25 heavy (non-hydrogen) atoms. The molecule has 0 saturated carbocycles. The van der Waals surface area contributed by atoms with Crippen molar-refractivity contribution in [3.05, 3.63) is 47.3 Å². The van der Waals surface area contributed by atoms with E-state index < -0.39 is 0 Å². The molecule has 1 fully saturated rings. The van der Waals surface area contributed by atoms with Crippen LogP contribution in [0.25, 0.3) is 0 Å². The molecule has 1 aromatic heterocycles. The Hall–Kier alpha value is -2.34. The van der Waals surface area contributed by atoms with Gasteiger partial charge in [0.05, 0.1) is 19.3 Å². The highest BCUT2D eigenvalue weighted by atomic mass is 16.5. The molecule has 1 aliphatic heterocycles. The van der Waals surface area contributed by atoms with E-state index in [1.54, 1.807) is 7.11 Å². The summed E-state index contributed by atoms with van der Waals surface area (Å²) in [4.78, 5) is 16.9. The van der Waals surface area contributed by atoms with E-state index >= 15 is 0 Å². The Morgan fingerprint density at radius 1 is 1.08 bits per heavy atom. The number of amides is 1. The van der Waals surface area contributed by atoms with Crippen molar-refractivity contribution >= 4 is 5.91 Å². The molecular formula is C19H26N4O2. The number of ether oxygens (including phenoxy) is 1. The summed E-state index contributed by atoms with van der Waals surface area (Å²) >= 11 is 0. The SMILES string of the molecule is COc1ccc(C(=O)N2CCN(CCn3nc(C)cc3C)CC2)cc1. The summed E-state index contributed by atoms with van der Waals surface area (Å²) < 4.78 is 7.20. The molecule has 2 heterocycles. The molecular weight excluding hydrogens is 316 g/mol. The zero-order chi connectivity index (χ0) is 17.8. The Labute approximate surface area is 149 Å². The highest BCUT2D eigenvalue weighted by molar-refractivity contribution is 5.94. The number of benzene rings is 1. The maximum atomic E-state index is 12.6. The average Bonchev–Trinajstić information content (AvgIpc) is 2.97. The molecule has 0 atom stereocenters. The number of hydrogen-bond acceptors (Lipinski definition) is 4. The lowest BCUT2D eigenvalue weighted by molar-refractivity contribution is 0.0631. The molecule has 1 amide bonds. The van der Waals surface area contributed by atoms with Gasteiger partial charge in [0.1, 0.15) is 5.75 Å². The molecule has 0 spiro atoms. The minimum absolute atomic E-state index is 0.0980. The number of carbonyl (C=O) groups is 1. The van der Waals surface area contributed by atoms with Crippen molar-refractivity contribution < 1.29 is 9.53 Å². The number of aryl methyl sites for hydroxylation is 2. The van der Waals surface area contributed by atoms with Crippen molar-refractivity contribution in [2.45, 2.75) is 20.4 Å². The van der Waals surface area contributed by atoms with Crippen LogP contribution in [0.15, 0.2) is 30.3 Å². The van der Waals surface area contributed by atoms with Gasteiger partial charge in [-0.2, -0.15) is 5.10 Å². The van der Waals surface area contributed by atoms with Crippen LogP contribution in [-0.2, 0) is 6.54 Å². The minimum atomic E-state index is 0.0980. The molecule has 1 aromatic carbocycles. The second kappa shape index (κ2) is 7.70. The first kappa shape index (κ1) is 17.5. The second-order valence-electron chi connectivity index (χ2n) is 6.51. The van der Waals surface area contributed by atoms with Crippen LogP contribution in [0.3, 0.4) is 0 Å². The lowest BCUT2D eigenvalue weighted by atomic mass is 10.1. The van der Waals surface area contributed by atoms with Crippen LogP contribution in [0.1, 0.15) is 21.7 Å². The topological polar surface area (TPSA) is 50.6 Å². The molecule has 1 saturated heterocycles. The average molecular weight is 342 g/mol. The first-order valence-corrected chi connectivity index (χ1v) is 8.73. The van der Waals surface area contributed by atoms with E-state index in [1.165, 1.54) is 5.69 Å². The van der Waals surface area contributed by atoms with E-state index in [4.69, 9.17) is 4.74 Å². The van der Waals surface area contributed by atoms with Crippen molar-refractivity contribution in [3.63, 3.8) is 0 Å². The third kappa shape index (κ3) is 4.20. The smallest absolute Gasteiger partial charge is 0.253 e. The summed E-state index contributed by atoms with van der Waals surface area (Å²) in [6, 6.07) is 9.42. The van der Waals surface area contributed by atoms with Crippen LogP contribution in [0.4, 0.5) is 0 Å². The molecule has 1 aliphatic rings. The van der Waals surface area contributed by atoms with Crippen molar-refractivity contribution in [3.8, 4) is 5.75 Å². The van der Waals surface area contributed by atoms with E-state index in [0.29, 0.717) is 0 Å². The summed E-state index contributed by atoms with van der Waals surface area (Å²) in [5, 5.41) is 4.51. The first-order valence-electron chi connectivity index (χ1n) is 8.73. The molecule has 6 heteroatoms. The van der Waals surface area contributed by atoms with Crippen LogP contribution in [0.5, 0.6) is 5.75 Å². The van der Waals surface area contributed by atoms with Gasteiger partial charge in [-0.15, -0.1) is 0 Å². The molecule has 0 aliphatic carbocycles. The third-order valence-electron chi connectivity index (χ3n) is 4.73. The Kier molecular flexibility index (Phi) is 5.38. The molecule has 6 nitrogen and oxygen atoms in total. The molecule has 0 N–H and O–H groups in total. The number of hydrogen-bond donors (Lipinski definition) is 0. The van der Waals surface area contributed by atoms with Crippen molar-refractivity contribution in [2.75, 3.05) is 39.8 Å².